The number of carbonyl (C=O) groups excluding carboxylic acids is 2. The average Bonchev–Trinajstić information content (AvgIpc) is 2.89. The molecule has 0 atom stereocenters. The normalized spacial score (nSPS) is 12.7. The van der Waals surface area contributed by atoms with Crippen molar-refractivity contribution in [2.45, 2.75) is 77.8 Å². The molecule has 3 rings (SSSR count). The van der Waals surface area contributed by atoms with Gasteiger partial charge in [-0.3, -0.25) is 9.59 Å². The third kappa shape index (κ3) is 7.21. The molecule has 0 aliphatic carbocycles. The van der Waals surface area contributed by atoms with Crippen LogP contribution < -0.4 is 9.47 Å². The molecule has 0 unspecified atom stereocenters. The van der Waals surface area contributed by atoms with Gasteiger partial charge in [0.2, 0.25) is 0 Å². The topological polar surface area (TPSA) is 52.6 Å². The minimum atomic E-state index is -1.85. The molecule has 0 amide bonds. The molecule has 0 saturated heterocycles. The van der Waals surface area contributed by atoms with Crippen LogP contribution in [0.15, 0.2) is 72.8 Å². The molecule has 0 aliphatic heterocycles. The summed E-state index contributed by atoms with van der Waals surface area (Å²) in [6.07, 6.45) is 1.05. The molecule has 0 fully saturated rings. The summed E-state index contributed by atoms with van der Waals surface area (Å²) in [5.41, 5.74) is 1.97. The molecule has 6 heteroatoms. The van der Waals surface area contributed by atoms with Crippen LogP contribution in [0.4, 0.5) is 0 Å². The van der Waals surface area contributed by atoms with Crippen molar-refractivity contribution in [3.05, 3.63) is 95.1 Å². The maximum absolute atomic E-state index is 13.9. The van der Waals surface area contributed by atoms with Crippen molar-refractivity contribution in [1.82, 2.24) is 0 Å². The zero-order valence-electron chi connectivity index (χ0n) is 26.0. The van der Waals surface area contributed by atoms with E-state index >= 15 is 0 Å². The molecule has 0 spiro atoms. The molecule has 3 aromatic carbocycles. The maximum Gasteiger partial charge on any atom is 0.196 e. The highest BCUT2D eigenvalue weighted by Crippen LogP contribution is 2.39. The highest BCUT2D eigenvalue weighted by atomic mass is 28.3. The monoisotopic (exact) mass is 574 g/mol. The Hall–Kier alpha value is -2.97. The largest absolute Gasteiger partial charge is 0.496 e. The number of hydrogen-bond acceptors (Lipinski definition) is 4. The SMILES string of the molecule is CC(C)(C)[Si](C)(C)COc1cc(C(=O)c2ccccc2)c(OC[Si](C)(C)C(C)(C)C)cc1C(=O)c1ccccc1. The molecule has 40 heavy (non-hydrogen) atoms. The fourth-order valence-corrected chi connectivity index (χ4v) is 5.49. The Bertz CT molecular complexity index is 1230. The zero-order valence-corrected chi connectivity index (χ0v) is 28.0. The van der Waals surface area contributed by atoms with Crippen molar-refractivity contribution in [3.8, 4) is 11.5 Å². The van der Waals surface area contributed by atoms with E-state index in [1.807, 2.05) is 36.4 Å². The Kier molecular flexibility index (Phi) is 9.37. The first-order chi connectivity index (χ1) is 18.4. The van der Waals surface area contributed by atoms with E-state index in [2.05, 4.69) is 67.7 Å². The van der Waals surface area contributed by atoms with Crippen LogP contribution in [0.1, 0.15) is 73.4 Å². The summed E-state index contributed by atoms with van der Waals surface area (Å²) in [5, 5.41) is 0.205. The van der Waals surface area contributed by atoms with Crippen molar-refractivity contribution >= 4 is 27.7 Å². The third-order valence-electron chi connectivity index (χ3n) is 8.88. The lowest BCUT2D eigenvalue weighted by molar-refractivity contribution is 0.102. The molecule has 0 N–H and O–H groups in total. The molecular formula is C34H46O4Si2. The van der Waals surface area contributed by atoms with Gasteiger partial charge in [0.15, 0.2) is 11.6 Å². The van der Waals surface area contributed by atoms with Crippen molar-refractivity contribution in [1.29, 1.82) is 0 Å². The summed E-state index contributed by atoms with van der Waals surface area (Å²) >= 11 is 0. The van der Waals surface area contributed by atoms with E-state index in [9.17, 15) is 9.59 Å². The second kappa shape index (κ2) is 11.9. The Balaban J connectivity index is 2.19. The van der Waals surface area contributed by atoms with Gasteiger partial charge in [-0.25, -0.2) is 0 Å². The van der Waals surface area contributed by atoms with E-state index in [1.54, 1.807) is 36.4 Å². The highest BCUT2D eigenvalue weighted by Gasteiger charge is 2.38. The maximum atomic E-state index is 13.9. The summed E-state index contributed by atoms with van der Waals surface area (Å²) < 4.78 is 13.0. The summed E-state index contributed by atoms with van der Waals surface area (Å²) in [7, 11) is -3.70. The van der Waals surface area contributed by atoms with Crippen molar-refractivity contribution in [2.24, 2.45) is 0 Å². The second-order valence-corrected chi connectivity index (χ2v) is 25.2. The van der Waals surface area contributed by atoms with Gasteiger partial charge in [0.25, 0.3) is 0 Å². The zero-order chi connectivity index (χ0) is 29.9. The van der Waals surface area contributed by atoms with E-state index in [4.69, 9.17) is 9.47 Å². The van der Waals surface area contributed by atoms with Crippen molar-refractivity contribution in [2.75, 3.05) is 12.5 Å². The highest BCUT2D eigenvalue weighted by molar-refractivity contribution is 6.80. The Labute approximate surface area is 243 Å². The lowest BCUT2D eigenvalue weighted by Gasteiger charge is -2.37. The van der Waals surface area contributed by atoms with E-state index in [-0.39, 0.29) is 21.6 Å². The predicted octanol–water partition coefficient (Wildman–Crippen LogP) is 9.00. The van der Waals surface area contributed by atoms with Crippen LogP contribution in [0.25, 0.3) is 0 Å². The second-order valence-electron chi connectivity index (χ2n) is 14.1. The van der Waals surface area contributed by atoms with Crippen LogP contribution in [0.2, 0.25) is 36.3 Å². The first-order valence-corrected chi connectivity index (χ1v) is 20.5. The molecule has 0 bridgehead atoms. The van der Waals surface area contributed by atoms with Gasteiger partial charge in [-0.15, -0.1) is 0 Å². The Morgan fingerprint density at radius 3 is 1.15 bits per heavy atom. The minimum absolute atomic E-state index is 0.103. The number of rotatable bonds is 10. The predicted molar refractivity (Wildman–Crippen MR) is 172 cm³/mol. The molecule has 214 valence electrons. The number of ketones is 2. The summed E-state index contributed by atoms with van der Waals surface area (Å²) in [4.78, 5) is 27.7. The molecule has 0 heterocycles. The average molecular weight is 575 g/mol. The molecule has 0 saturated carbocycles. The number of benzene rings is 3. The van der Waals surface area contributed by atoms with Crippen LogP contribution >= 0.6 is 0 Å². The fraction of sp³-hybridized carbons (Fsp3) is 0.412. The van der Waals surface area contributed by atoms with Gasteiger partial charge >= 0.3 is 0 Å². The standard InChI is InChI=1S/C34H46O4Si2/c1-33(2,3)39(7,8)23-37-29-21-28(32(36)26-19-15-12-16-20-26)30(38-24-40(9,10)34(4,5)6)22-27(29)31(35)25-17-13-11-14-18-25/h11-22H,23-24H2,1-10H3. The number of hydrogen-bond donors (Lipinski definition) is 0. The van der Waals surface area contributed by atoms with Gasteiger partial charge in [-0.2, -0.15) is 0 Å². The first kappa shape index (κ1) is 31.6. The van der Waals surface area contributed by atoms with Crippen LogP contribution in [0, 0.1) is 0 Å². The van der Waals surface area contributed by atoms with Gasteiger partial charge in [0, 0.05) is 11.1 Å². The third-order valence-corrected chi connectivity index (χ3v) is 18.7. The number of carbonyl (C=O) groups is 2. The van der Waals surface area contributed by atoms with Crippen molar-refractivity contribution in [3.63, 3.8) is 0 Å². The first-order valence-electron chi connectivity index (χ1n) is 14.1. The van der Waals surface area contributed by atoms with Crippen LogP contribution in [-0.2, 0) is 0 Å². The number of ether oxygens (including phenoxy) is 2. The minimum Gasteiger partial charge on any atom is -0.496 e. The van der Waals surface area contributed by atoms with E-state index in [0.717, 1.165) is 0 Å². The smallest absolute Gasteiger partial charge is 0.196 e. The molecule has 0 aromatic heterocycles. The lowest BCUT2D eigenvalue weighted by Crippen LogP contribution is -2.44. The Morgan fingerprint density at radius 2 is 0.875 bits per heavy atom. The van der Waals surface area contributed by atoms with Crippen LogP contribution in [0.5, 0.6) is 11.5 Å². The molecule has 4 nitrogen and oxygen atoms in total. The van der Waals surface area contributed by atoms with E-state index in [0.29, 0.717) is 46.2 Å². The summed E-state index contributed by atoms with van der Waals surface area (Å²) in [5.74, 6) is 0.554. The summed E-state index contributed by atoms with van der Waals surface area (Å²) in [6.45, 7) is 22.6. The van der Waals surface area contributed by atoms with E-state index in [1.165, 1.54) is 0 Å². The van der Waals surface area contributed by atoms with E-state index < -0.39 is 16.1 Å². The molecule has 3 aromatic rings. The van der Waals surface area contributed by atoms with Gasteiger partial charge in [0.05, 0.1) is 39.7 Å². The van der Waals surface area contributed by atoms with Crippen LogP contribution in [0.3, 0.4) is 0 Å². The fourth-order valence-electron chi connectivity index (χ4n) is 3.59. The van der Waals surface area contributed by atoms with Gasteiger partial charge in [-0.05, 0) is 22.2 Å². The molecular weight excluding hydrogens is 529 g/mol. The Morgan fingerprint density at radius 1 is 0.575 bits per heavy atom. The lowest BCUT2D eigenvalue weighted by atomic mass is 9.96. The van der Waals surface area contributed by atoms with Gasteiger partial charge in [0.1, 0.15) is 11.5 Å². The summed E-state index contributed by atoms with van der Waals surface area (Å²) in [6, 6.07) is 21.9. The quantitative estimate of drug-likeness (QED) is 0.179. The molecule has 0 radical (unpaired) electrons. The molecule has 0 aliphatic rings. The van der Waals surface area contributed by atoms with Crippen LogP contribution in [-0.4, -0.2) is 40.2 Å². The van der Waals surface area contributed by atoms with Crippen molar-refractivity contribution < 1.29 is 19.1 Å². The van der Waals surface area contributed by atoms with Gasteiger partial charge < -0.3 is 9.47 Å². The van der Waals surface area contributed by atoms with Gasteiger partial charge in [-0.1, -0.05) is 128 Å².